The molecule has 0 radical (unpaired) electrons. The number of carbonyl (C=O) groups excluding carboxylic acids is 1. The fraction of sp³-hybridized carbons (Fsp3) is 0.188. The van der Waals surface area contributed by atoms with Crippen LogP contribution in [0.1, 0.15) is 27.0 Å². The summed E-state index contributed by atoms with van der Waals surface area (Å²) >= 11 is 3.43. The lowest BCUT2D eigenvalue weighted by atomic mass is 10.0. The van der Waals surface area contributed by atoms with Crippen LogP contribution in [-0.4, -0.2) is 5.91 Å². The molecule has 0 aliphatic rings. The minimum atomic E-state index is -0.0764. The number of nitrogens with one attached hydrogen (secondary N) is 1. The van der Waals surface area contributed by atoms with Crippen LogP contribution < -0.4 is 5.32 Å². The second-order valence-corrected chi connectivity index (χ2v) is 5.54. The molecular formula is C16H16BrNO. The zero-order valence-electron chi connectivity index (χ0n) is 11.3. The van der Waals surface area contributed by atoms with E-state index in [-0.39, 0.29) is 5.91 Å². The van der Waals surface area contributed by atoms with E-state index in [1.807, 2.05) is 50.2 Å². The highest BCUT2D eigenvalue weighted by molar-refractivity contribution is 9.10. The van der Waals surface area contributed by atoms with Crippen LogP contribution >= 0.6 is 15.9 Å². The first-order valence-corrected chi connectivity index (χ1v) is 6.92. The highest BCUT2D eigenvalue weighted by Crippen LogP contribution is 2.23. The highest BCUT2D eigenvalue weighted by Gasteiger charge is 2.11. The zero-order valence-corrected chi connectivity index (χ0v) is 12.8. The third kappa shape index (κ3) is 3.04. The van der Waals surface area contributed by atoms with Gasteiger partial charge >= 0.3 is 0 Å². The summed E-state index contributed by atoms with van der Waals surface area (Å²) in [5, 5.41) is 2.93. The molecule has 0 spiro atoms. The Hall–Kier alpha value is -1.61. The van der Waals surface area contributed by atoms with E-state index in [0.717, 1.165) is 26.9 Å². The van der Waals surface area contributed by atoms with Crippen molar-refractivity contribution in [3.8, 4) is 0 Å². The Labute approximate surface area is 122 Å². The number of rotatable bonds is 2. The van der Waals surface area contributed by atoms with Crippen LogP contribution in [0.3, 0.4) is 0 Å². The van der Waals surface area contributed by atoms with Crippen LogP contribution in [0.5, 0.6) is 0 Å². The first-order valence-electron chi connectivity index (χ1n) is 6.13. The molecule has 0 bridgehead atoms. The second-order valence-electron chi connectivity index (χ2n) is 4.69. The molecule has 0 fully saturated rings. The molecule has 0 unspecified atom stereocenters. The van der Waals surface area contributed by atoms with Gasteiger partial charge in [0.2, 0.25) is 0 Å². The van der Waals surface area contributed by atoms with Crippen molar-refractivity contribution in [1.29, 1.82) is 0 Å². The molecule has 0 aromatic heterocycles. The van der Waals surface area contributed by atoms with E-state index >= 15 is 0 Å². The van der Waals surface area contributed by atoms with E-state index in [0.29, 0.717) is 0 Å². The molecule has 0 saturated carbocycles. The van der Waals surface area contributed by atoms with Gasteiger partial charge in [0.25, 0.3) is 5.91 Å². The summed E-state index contributed by atoms with van der Waals surface area (Å²) in [5.41, 5.74) is 4.83. The number of aryl methyl sites for hydroxylation is 3. The van der Waals surface area contributed by atoms with Crippen molar-refractivity contribution in [3.05, 3.63) is 63.1 Å². The number of benzene rings is 2. The van der Waals surface area contributed by atoms with Crippen molar-refractivity contribution < 1.29 is 4.79 Å². The normalized spacial score (nSPS) is 10.3. The predicted octanol–water partition coefficient (Wildman–Crippen LogP) is 4.63. The molecular weight excluding hydrogens is 302 g/mol. The maximum atomic E-state index is 12.3. The molecule has 2 aromatic carbocycles. The van der Waals surface area contributed by atoms with Crippen molar-refractivity contribution in [2.24, 2.45) is 0 Å². The molecule has 2 rings (SSSR count). The average molecular weight is 318 g/mol. The Morgan fingerprint density at radius 2 is 1.63 bits per heavy atom. The Balaban J connectivity index is 2.31. The Morgan fingerprint density at radius 1 is 1.00 bits per heavy atom. The van der Waals surface area contributed by atoms with E-state index in [1.54, 1.807) is 0 Å². The van der Waals surface area contributed by atoms with Gasteiger partial charge < -0.3 is 5.32 Å². The van der Waals surface area contributed by atoms with E-state index in [4.69, 9.17) is 0 Å². The van der Waals surface area contributed by atoms with Gasteiger partial charge in [-0.1, -0.05) is 18.2 Å². The first kappa shape index (κ1) is 13.8. The number of hydrogen-bond acceptors (Lipinski definition) is 1. The summed E-state index contributed by atoms with van der Waals surface area (Å²) in [7, 11) is 0. The lowest BCUT2D eigenvalue weighted by molar-refractivity contribution is 0.102. The van der Waals surface area contributed by atoms with Crippen molar-refractivity contribution in [2.45, 2.75) is 20.8 Å². The number of hydrogen-bond donors (Lipinski definition) is 1. The Kier molecular flexibility index (Phi) is 4.05. The summed E-state index contributed by atoms with van der Waals surface area (Å²) in [6.45, 7) is 6.03. The summed E-state index contributed by atoms with van der Waals surface area (Å²) in [6, 6.07) is 11.6. The molecule has 0 aliphatic heterocycles. The number of amides is 1. The van der Waals surface area contributed by atoms with Gasteiger partial charge in [-0.05, 0) is 71.6 Å². The predicted molar refractivity (Wildman–Crippen MR) is 82.7 cm³/mol. The molecule has 19 heavy (non-hydrogen) atoms. The highest BCUT2D eigenvalue weighted by atomic mass is 79.9. The quantitative estimate of drug-likeness (QED) is 0.859. The van der Waals surface area contributed by atoms with E-state index < -0.39 is 0 Å². The fourth-order valence-corrected chi connectivity index (χ4v) is 2.34. The van der Waals surface area contributed by atoms with E-state index in [2.05, 4.69) is 28.2 Å². The van der Waals surface area contributed by atoms with Gasteiger partial charge in [0.15, 0.2) is 0 Å². The number of para-hydroxylation sites is 1. The summed E-state index contributed by atoms with van der Waals surface area (Å²) in [5.74, 6) is -0.0764. The lowest BCUT2D eigenvalue weighted by Crippen LogP contribution is -2.14. The van der Waals surface area contributed by atoms with Crippen LogP contribution in [0.4, 0.5) is 5.69 Å². The van der Waals surface area contributed by atoms with E-state index in [9.17, 15) is 4.79 Å². The van der Waals surface area contributed by atoms with Crippen molar-refractivity contribution in [2.75, 3.05) is 5.32 Å². The molecule has 0 aliphatic carbocycles. The molecule has 1 N–H and O–H groups in total. The van der Waals surface area contributed by atoms with Gasteiger partial charge in [-0.2, -0.15) is 0 Å². The second kappa shape index (κ2) is 5.57. The van der Waals surface area contributed by atoms with E-state index in [1.165, 1.54) is 5.56 Å². The van der Waals surface area contributed by atoms with Gasteiger partial charge in [-0.25, -0.2) is 0 Å². The standard InChI is InChI=1S/C16H16BrNO/c1-10-8-12(3)13(9-11(10)2)16(19)18-15-7-5-4-6-14(15)17/h4-9H,1-3H3,(H,18,19). The van der Waals surface area contributed by atoms with Crippen molar-refractivity contribution in [3.63, 3.8) is 0 Å². The molecule has 1 amide bonds. The third-order valence-corrected chi connectivity index (χ3v) is 3.90. The van der Waals surface area contributed by atoms with Gasteiger partial charge in [-0.3, -0.25) is 4.79 Å². The topological polar surface area (TPSA) is 29.1 Å². The largest absolute Gasteiger partial charge is 0.321 e. The van der Waals surface area contributed by atoms with Crippen molar-refractivity contribution in [1.82, 2.24) is 0 Å². The molecule has 3 heteroatoms. The summed E-state index contributed by atoms with van der Waals surface area (Å²) in [4.78, 5) is 12.3. The van der Waals surface area contributed by atoms with Crippen LogP contribution in [0.25, 0.3) is 0 Å². The van der Waals surface area contributed by atoms with Crippen LogP contribution in [-0.2, 0) is 0 Å². The minimum Gasteiger partial charge on any atom is -0.321 e. The average Bonchev–Trinajstić information content (AvgIpc) is 2.36. The molecule has 0 heterocycles. The van der Waals surface area contributed by atoms with Gasteiger partial charge in [0.05, 0.1) is 5.69 Å². The van der Waals surface area contributed by atoms with Crippen molar-refractivity contribution >= 4 is 27.5 Å². The minimum absolute atomic E-state index is 0.0764. The lowest BCUT2D eigenvalue weighted by Gasteiger charge is -2.11. The maximum absolute atomic E-state index is 12.3. The van der Waals surface area contributed by atoms with Gasteiger partial charge in [0, 0.05) is 10.0 Å². The van der Waals surface area contributed by atoms with Gasteiger partial charge in [-0.15, -0.1) is 0 Å². The van der Waals surface area contributed by atoms with Crippen LogP contribution in [0.15, 0.2) is 40.9 Å². The fourth-order valence-electron chi connectivity index (χ4n) is 1.96. The monoisotopic (exact) mass is 317 g/mol. The third-order valence-electron chi connectivity index (χ3n) is 3.21. The first-order chi connectivity index (χ1) is 8.99. The zero-order chi connectivity index (χ0) is 14.0. The van der Waals surface area contributed by atoms with Crippen LogP contribution in [0.2, 0.25) is 0 Å². The Morgan fingerprint density at radius 3 is 2.32 bits per heavy atom. The maximum Gasteiger partial charge on any atom is 0.255 e. The smallest absolute Gasteiger partial charge is 0.255 e. The molecule has 2 aromatic rings. The SMILES string of the molecule is Cc1cc(C)c(C(=O)Nc2ccccc2Br)cc1C. The number of carbonyl (C=O) groups is 1. The van der Waals surface area contributed by atoms with Crippen LogP contribution in [0, 0.1) is 20.8 Å². The Bertz CT molecular complexity index is 635. The molecule has 98 valence electrons. The molecule has 0 saturated heterocycles. The van der Waals surface area contributed by atoms with Gasteiger partial charge in [0.1, 0.15) is 0 Å². The summed E-state index contributed by atoms with van der Waals surface area (Å²) in [6.07, 6.45) is 0. The number of halogens is 1. The molecule has 2 nitrogen and oxygen atoms in total. The summed E-state index contributed by atoms with van der Waals surface area (Å²) < 4.78 is 0.879. The number of anilines is 1. The molecule has 0 atom stereocenters.